The summed E-state index contributed by atoms with van der Waals surface area (Å²) in [4.78, 5) is 10.6. The van der Waals surface area contributed by atoms with Crippen LogP contribution in [0.5, 0.6) is 0 Å². The smallest absolute Gasteiger partial charge is 0.269 e. The Kier molecular flexibility index (Phi) is 3.37. The van der Waals surface area contributed by atoms with Crippen molar-refractivity contribution in [2.75, 3.05) is 0 Å². The molecule has 2 aromatic rings. The Labute approximate surface area is 127 Å². The number of benzene rings is 1. The Morgan fingerprint density at radius 1 is 1.55 bits per heavy atom. The number of aryl methyl sites for hydroxylation is 1. The fourth-order valence-electron chi connectivity index (χ4n) is 2.72. The van der Waals surface area contributed by atoms with Crippen molar-refractivity contribution >= 4 is 5.69 Å². The van der Waals surface area contributed by atoms with Crippen LogP contribution in [-0.2, 0) is 7.05 Å². The van der Waals surface area contributed by atoms with Gasteiger partial charge in [0.2, 0.25) is 0 Å². The number of nitro benzene ring substituents is 1. The monoisotopic (exact) mass is 297 g/mol. The van der Waals surface area contributed by atoms with Gasteiger partial charge in [-0.05, 0) is 24.8 Å². The lowest BCUT2D eigenvalue weighted by molar-refractivity contribution is -0.384. The molecule has 0 aliphatic heterocycles. The molecule has 1 aromatic carbocycles. The fourth-order valence-corrected chi connectivity index (χ4v) is 2.72. The van der Waals surface area contributed by atoms with Gasteiger partial charge in [-0.25, -0.2) is 0 Å². The normalized spacial score (nSPS) is 16.7. The molecule has 1 fully saturated rings. The third-order valence-corrected chi connectivity index (χ3v) is 4.23. The number of nitriles is 1. The van der Waals surface area contributed by atoms with Crippen molar-refractivity contribution in [3.8, 4) is 6.07 Å². The fraction of sp³-hybridized carbons (Fsp3) is 0.400. The number of hydrogen-bond acceptors (Lipinski definition) is 5. The van der Waals surface area contributed by atoms with Gasteiger partial charge in [0, 0.05) is 25.1 Å². The molecule has 22 heavy (non-hydrogen) atoms. The van der Waals surface area contributed by atoms with Crippen molar-refractivity contribution < 1.29 is 4.92 Å². The topological polar surface area (TPSA) is 97.6 Å². The summed E-state index contributed by atoms with van der Waals surface area (Å²) in [6.07, 6.45) is 3.95. The summed E-state index contributed by atoms with van der Waals surface area (Å²) in [6, 6.07) is 8.93. The quantitative estimate of drug-likeness (QED) is 0.624. The molecule has 1 saturated carbocycles. The number of non-ortho nitro benzene ring substituents is 1. The molecule has 3 rings (SSSR count). The molecule has 1 heterocycles. The van der Waals surface area contributed by atoms with E-state index in [0.717, 1.165) is 24.2 Å². The SMILES string of the molecule is Cn1cnnc1C(CC1(C#N)CC1)c1cccc([N+](=O)[O-])c1. The predicted molar refractivity (Wildman–Crippen MR) is 77.8 cm³/mol. The van der Waals surface area contributed by atoms with Gasteiger partial charge in [-0.15, -0.1) is 10.2 Å². The van der Waals surface area contributed by atoms with Crippen LogP contribution in [-0.4, -0.2) is 19.7 Å². The maximum absolute atomic E-state index is 11.0. The third kappa shape index (κ3) is 2.55. The van der Waals surface area contributed by atoms with Crippen molar-refractivity contribution in [3.63, 3.8) is 0 Å². The van der Waals surface area contributed by atoms with Crippen molar-refractivity contribution in [3.05, 3.63) is 52.1 Å². The summed E-state index contributed by atoms with van der Waals surface area (Å²) in [7, 11) is 1.84. The van der Waals surface area contributed by atoms with Crippen LogP contribution >= 0.6 is 0 Å². The van der Waals surface area contributed by atoms with Crippen molar-refractivity contribution in [1.82, 2.24) is 14.8 Å². The molecule has 7 nitrogen and oxygen atoms in total. The highest BCUT2D eigenvalue weighted by Crippen LogP contribution is 2.52. The average molecular weight is 297 g/mol. The van der Waals surface area contributed by atoms with E-state index in [4.69, 9.17) is 0 Å². The first-order valence-electron chi connectivity index (χ1n) is 7.04. The standard InChI is InChI=1S/C15H15N5O2/c1-19-10-17-18-14(19)13(8-15(9-16)5-6-15)11-3-2-4-12(7-11)20(21)22/h2-4,7,10,13H,5-6,8H2,1H3. The lowest BCUT2D eigenvalue weighted by Gasteiger charge is -2.19. The summed E-state index contributed by atoms with van der Waals surface area (Å²) >= 11 is 0. The van der Waals surface area contributed by atoms with Crippen LogP contribution in [0.3, 0.4) is 0 Å². The molecule has 1 unspecified atom stereocenters. The van der Waals surface area contributed by atoms with E-state index < -0.39 is 4.92 Å². The van der Waals surface area contributed by atoms with Crippen LogP contribution < -0.4 is 0 Å². The molecule has 0 N–H and O–H groups in total. The molecule has 1 atom stereocenters. The van der Waals surface area contributed by atoms with Crippen molar-refractivity contribution in [2.24, 2.45) is 12.5 Å². The molecular formula is C15H15N5O2. The van der Waals surface area contributed by atoms with Gasteiger partial charge in [-0.2, -0.15) is 5.26 Å². The first-order valence-corrected chi connectivity index (χ1v) is 7.04. The number of nitrogens with zero attached hydrogens (tertiary/aromatic N) is 5. The van der Waals surface area contributed by atoms with Crippen LogP contribution in [0.25, 0.3) is 0 Å². The van der Waals surface area contributed by atoms with E-state index >= 15 is 0 Å². The molecule has 7 heteroatoms. The lowest BCUT2D eigenvalue weighted by Crippen LogP contribution is -2.13. The highest BCUT2D eigenvalue weighted by Gasteiger charge is 2.46. The molecule has 0 saturated heterocycles. The average Bonchev–Trinajstić information content (AvgIpc) is 3.18. The minimum atomic E-state index is -0.408. The first kappa shape index (κ1) is 14.2. The second kappa shape index (κ2) is 5.22. The minimum absolute atomic E-state index is 0.0477. The Bertz CT molecular complexity index is 757. The number of aromatic nitrogens is 3. The highest BCUT2D eigenvalue weighted by molar-refractivity contribution is 5.38. The van der Waals surface area contributed by atoms with Gasteiger partial charge in [0.1, 0.15) is 12.2 Å². The Hall–Kier alpha value is -2.75. The Morgan fingerprint density at radius 2 is 2.32 bits per heavy atom. The minimum Gasteiger partial charge on any atom is -0.320 e. The van der Waals surface area contributed by atoms with E-state index in [1.807, 2.05) is 13.1 Å². The van der Waals surface area contributed by atoms with Gasteiger partial charge in [0.15, 0.2) is 0 Å². The summed E-state index contributed by atoms with van der Waals surface area (Å²) in [5, 5.41) is 28.4. The number of hydrogen-bond donors (Lipinski definition) is 0. The zero-order valence-electron chi connectivity index (χ0n) is 12.1. The summed E-state index contributed by atoms with van der Waals surface area (Å²) in [5.41, 5.74) is 0.514. The van der Waals surface area contributed by atoms with Gasteiger partial charge < -0.3 is 4.57 Å². The molecule has 1 aliphatic carbocycles. The van der Waals surface area contributed by atoms with E-state index in [-0.39, 0.29) is 17.0 Å². The Balaban J connectivity index is 2.02. The zero-order chi connectivity index (χ0) is 15.7. The third-order valence-electron chi connectivity index (χ3n) is 4.23. The van der Waals surface area contributed by atoms with Gasteiger partial charge >= 0.3 is 0 Å². The molecule has 0 spiro atoms. The highest BCUT2D eigenvalue weighted by atomic mass is 16.6. The van der Waals surface area contributed by atoms with E-state index in [1.54, 1.807) is 23.0 Å². The van der Waals surface area contributed by atoms with Crippen molar-refractivity contribution in [2.45, 2.75) is 25.2 Å². The summed E-state index contributed by atoms with van der Waals surface area (Å²) < 4.78 is 1.80. The largest absolute Gasteiger partial charge is 0.320 e. The zero-order valence-corrected chi connectivity index (χ0v) is 12.1. The summed E-state index contributed by atoms with van der Waals surface area (Å²) in [5.74, 6) is 0.552. The van der Waals surface area contributed by atoms with E-state index in [2.05, 4.69) is 16.3 Å². The maximum Gasteiger partial charge on any atom is 0.269 e. The van der Waals surface area contributed by atoms with E-state index in [9.17, 15) is 15.4 Å². The van der Waals surface area contributed by atoms with Gasteiger partial charge in [0.25, 0.3) is 5.69 Å². The van der Waals surface area contributed by atoms with Crippen LogP contribution in [0.2, 0.25) is 0 Å². The predicted octanol–water partition coefficient (Wildman–Crippen LogP) is 2.55. The molecule has 1 aliphatic rings. The molecule has 0 amide bonds. The van der Waals surface area contributed by atoms with E-state index in [1.165, 1.54) is 6.07 Å². The molecular weight excluding hydrogens is 282 g/mol. The first-order chi connectivity index (χ1) is 10.5. The summed E-state index contributed by atoms with van der Waals surface area (Å²) in [6.45, 7) is 0. The van der Waals surface area contributed by atoms with Crippen LogP contribution in [0.15, 0.2) is 30.6 Å². The van der Waals surface area contributed by atoms with Gasteiger partial charge in [0.05, 0.1) is 16.4 Å². The van der Waals surface area contributed by atoms with Gasteiger partial charge in [-0.1, -0.05) is 12.1 Å². The Morgan fingerprint density at radius 3 is 2.86 bits per heavy atom. The lowest BCUT2D eigenvalue weighted by atomic mass is 9.86. The van der Waals surface area contributed by atoms with Crippen molar-refractivity contribution in [1.29, 1.82) is 5.26 Å². The maximum atomic E-state index is 11.0. The van der Waals surface area contributed by atoms with Gasteiger partial charge in [-0.3, -0.25) is 10.1 Å². The molecule has 0 radical (unpaired) electrons. The molecule has 112 valence electrons. The van der Waals surface area contributed by atoms with Crippen LogP contribution in [0.1, 0.15) is 36.6 Å². The number of nitro groups is 1. The number of rotatable bonds is 5. The van der Waals surface area contributed by atoms with E-state index in [0.29, 0.717) is 6.42 Å². The van der Waals surface area contributed by atoms with Crippen LogP contribution in [0, 0.1) is 26.9 Å². The molecule has 0 bridgehead atoms. The second-order valence-electron chi connectivity index (χ2n) is 5.80. The second-order valence-corrected chi connectivity index (χ2v) is 5.80. The molecule has 1 aromatic heterocycles. The van der Waals surface area contributed by atoms with Crippen LogP contribution in [0.4, 0.5) is 5.69 Å².